The lowest BCUT2D eigenvalue weighted by atomic mass is 10.2. The molecule has 0 atom stereocenters. The van der Waals surface area contributed by atoms with Crippen molar-refractivity contribution in [1.82, 2.24) is 0 Å². The van der Waals surface area contributed by atoms with Crippen molar-refractivity contribution in [2.75, 3.05) is 6.61 Å². The molecule has 2 aromatic rings. The zero-order valence-corrected chi connectivity index (χ0v) is 11.5. The average molecular weight is 289 g/mol. The summed E-state index contributed by atoms with van der Waals surface area (Å²) in [6.45, 7) is 0.264. The van der Waals surface area contributed by atoms with Crippen LogP contribution in [-0.2, 0) is 0 Å². The molecule has 0 fully saturated rings. The fraction of sp³-hybridized carbons (Fsp3) is 0.200. The van der Waals surface area contributed by atoms with Crippen molar-refractivity contribution < 1.29 is 13.9 Å². The van der Waals surface area contributed by atoms with Gasteiger partial charge in [-0.3, -0.25) is 4.79 Å². The highest BCUT2D eigenvalue weighted by Gasteiger charge is 2.08. The lowest BCUT2D eigenvalue weighted by Crippen LogP contribution is -2.03. The largest absolute Gasteiger partial charge is 0.491 e. The van der Waals surface area contributed by atoms with E-state index in [1.165, 1.54) is 23.5 Å². The van der Waals surface area contributed by atoms with Crippen LogP contribution in [-0.4, -0.2) is 12.4 Å². The molecule has 0 aliphatic heterocycles. The highest BCUT2D eigenvalue weighted by molar-refractivity contribution is 7.12. The fourth-order valence-electron chi connectivity index (χ4n) is 1.66. The number of rotatable bonds is 6. The first-order chi connectivity index (χ1) is 9.70. The molecule has 0 radical (unpaired) electrons. The van der Waals surface area contributed by atoms with Crippen molar-refractivity contribution >= 4 is 17.1 Å². The van der Waals surface area contributed by atoms with Crippen LogP contribution in [0.2, 0.25) is 0 Å². The third-order valence-corrected chi connectivity index (χ3v) is 3.57. The van der Waals surface area contributed by atoms with Gasteiger partial charge in [-0.25, -0.2) is 4.39 Å². The molecule has 1 heterocycles. The summed E-state index contributed by atoms with van der Waals surface area (Å²) in [6, 6.07) is 9.53. The van der Waals surface area contributed by atoms with Crippen LogP contribution >= 0.6 is 11.3 Å². The normalized spacial score (nSPS) is 10.0. The standard InChI is InChI=1S/C15H12FNO2S/c16-12-9-11(10-17)5-6-14(12)19-7-1-3-13(18)15-4-2-8-20-15/h2,4-6,8-9H,1,3,7H2. The molecule has 102 valence electrons. The SMILES string of the molecule is N#Cc1ccc(OCCCC(=O)c2cccs2)c(F)c1. The summed E-state index contributed by atoms with van der Waals surface area (Å²) in [6.07, 6.45) is 0.897. The molecule has 0 amide bonds. The third-order valence-electron chi connectivity index (χ3n) is 2.66. The Kier molecular flexibility index (Phi) is 4.85. The van der Waals surface area contributed by atoms with E-state index in [4.69, 9.17) is 10.00 Å². The average Bonchev–Trinajstić information content (AvgIpc) is 2.98. The number of halogens is 1. The first-order valence-electron chi connectivity index (χ1n) is 6.10. The number of nitrogens with zero attached hydrogens (tertiary/aromatic N) is 1. The first kappa shape index (κ1) is 14.2. The van der Waals surface area contributed by atoms with E-state index in [1.807, 2.05) is 17.5 Å². The molecule has 0 spiro atoms. The summed E-state index contributed by atoms with van der Waals surface area (Å²) < 4.78 is 18.8. The Balaban J connectivity index is 1.79. The highest BCUT2D eigenvalue weighted by atomic mass is 32.1. The lowest BCUT2D eigenvalue weighted by Gasteiger charge is -2.06. The Labute approximate surface area is 120 Å². The van der Waals surface area contributed by atoms with E-state index in [9.17, 15) is 9.18 Å². The molecule has 0 aliphatic rings. The summed E-state index contributed by atoms with van der Waals surface area (Å²) >= 11 is 1.41. The van der Waals surface area contributed by atoms with Crippen LogP contribution in [0.5, 0.6) is 5.75 Å². The number of hydrogen-bond acceptors (Lipinski definition) is 4. The number of carbonyl (C=O) groups is 1. The maximum atomic E-state index is 13.5. The Hall–Kier alpha value is -2.19. The number of thiophene rings is 1. The summed E-state index contributed by atoms with van der Waals surface area (Å²) in [5.41, 5.74) is 0.253. The van der Waals surface area contributed by atoms with Crippen molar-refractivity contribution in [3.05, 3.63) is 52.0 Å². The van der Waals surface area contributed by atoms with Crippen LogP contribution in [0.3, 0.4) is 0 Å². The van der Waals surface area contributed by atoms with Crippen molar-refractivity contribution in [3.63, 3.8) is 0 Å². The smallest absolute Gasteiger partial charge is 0.172 e. The van der Waals surface area contributed by atoms with Crippen LogP contribution in [0, 0.1) is 17.1 Å². The minimum absolute atomic E-state index is 0.0731. The Morgan fingerprint density at radius 1 is 1.40 bits per heavy atom. The number of hydrogen-bond donors (Lipinski definition) is 0. The molecule has 1 aromatic carbocycles. The van der Waals surface area contributed by atoms with Crippen molar-refractivity contribution in [1.29, 1.82) is 5.26 Å². The van der Waals surface area contributed by atoms with Crippen LogP contribution < -0.4 is 4.74 Å². The van der Waals surface area contributed by atoms with Crippen molar-refractivity contribution in [2.45, 2.75) is 12.8 Å². The van der Waals surface area contributed by atoms with E-state index in [0.29, 0.717) is 12.8 Å². The van der Waals surface area contributed by atoms with E-state index in [0.717, 1.165) is 10.9 Å². The van der Waals surface area contributed by atoms with Crippen LogP contribution in [0.25, 0.3) is 0 Å². The maximum absolute atomic E-state index is 13.5. The molecule has 5 heteroatoms. The second kappa shape index (κ2) is 6.83. The highest BCUT2D eigenvalue weighted by Crippen LogP contribution is 2.18. The van der Waals surface area contributed by atoms with Gasteiger partial charge in [0.1, 0.15) is 0 Å². The van der Waals surface area contributed by atoms with Gasteiger partial charge >= 0.3 is 0 Å². The number of nitriles is 1. The van der Waals surface area contributed by atoms with Gasteiger partial charge in [-0.05, 0) is 36.1 Å². The molecular weight excluding hydrogens is 277 g/mol. The number of ether oxygens (including phenoxy) is 1. The van der Waals surface area contributed by atoms with E-state index in [2.05, 4.69) is 0 Å². The predicted octanol–water partition coefficient (Wildman–Crippen LogP) is 3.80. The first-order valence-corrected chi connectivity index (χ1v) is 6.98. The lowest BCUT2D eigenvalue weighted by molar-refractivity contribution is 0.0977. The Morgan fingerprint density at radius 2 is 2.25 bits per heavy atom. The number of benzene rings is 1. The molecule has 0 saturated carbocycles. The zero-order chi connectivity index (χ0) is 14.4. The van der Waals surface area contributed by atoms with Gasteiger partial charge in [-0.2, -0.15) is 5.26 Å². The van der Waals surface area contributed by atoms with Gasteiger partial charge in [0.2, 0.25) is 0 Å². The molecule has 3 nitrogen and oxygen atoms in total. The van der Waals surface area contributed by atoms with Crippen LogP contribution in [0.15, 0.2) is 35.7 Å². The van der Waals surface area contributed by atoms with E-state index in [-0.39, 0.29) is 23.7 Å². The van der Waals surface area contributed by atoms with Crippen LogP contribution in [0.4, 0.5) is 4.39 Å². The Morgan fingerprint density at radius 3 is 2.90 bits per heavy atom. The van der Waals surface area contributed by atoms with Gasteiger partial charge < -0.3 is 4.74 Å². The number of ketones is 1. The van der Waals surface area contributed by atoms with Gasteiger partial charge in [-0.1, -0.05) is 6.07 Å². The fourth-order valence-corrected chi connectivity index (χ4v) is 2.36. The second-order valence-electron chi connectivity index (χ2n) is 4.11. The maximum Gasteiger partial charge on any atom is 0.172 e. The van der Waals surface area contributed by atoms with Gasteiger partial charge in [-0.15, -0.1) is 11.3 Å². The molecule has 0 unspecified atom stereocenters. The molecule has 0 saturated heterocycles. The quantitative estimate of drug-likeness (QED) is 0.600. The monoisotopic (exact) mass is 289 g/mol. The van der Waals surface area contributed by atoms with E-state index >= 15 is 0 Å². The summed E-state index contributed by atoms with van der Waals surface area (Å²) in [4.78, 5) is 12.4. The molecule has 20 heavy (non-hydrogen) atoms. The molecular formula is C15H12FNO2S. The molecule has 2 rings (SSSR count). The summed E-state index contributed by atoms with van der Waals surface area (Å²) in [7, 11) is 0. The third kappa shape index (κ3) is 3.65. The summed E-state index contributed by atoms with van der Waals surface area (Å²) in [5, 5.41) is 10.5. The molecule has 0 bridgehead atoms. The van der Waals surface area contributed by atoms with Crippen molar-refractivity contribution in [3.8, 4) is 11.8 Å². The molecule has 0 aliphatic carbocycles. The molecule has 1 aromatic heterocycles. The topological polar surface area (TPSA) is 50.1 Å². The minimum atomic E-state index is -0.561. The van der Waals surface area contributed by atoms with E-state index < -0.39 is 5.82 Å². The minimum Gasteiger partial charge on any atom is -0.491 e. The van der Waals surface area contributed by atoms with Crippen molar-refractivity contribution in [2.24, 2.45) is 0 Å². The Bertz CT molecular complexity index is 632. The van der Waals surface area contributed by atoms with E-state index in [1.54, 1.807) is 6.07 Å². The second-order valence-corrected chi connectivity index (χ2v) is 5.06. The predicted molar refractivity (Wildman–Crippen MR) is 74.5 cm³/mol. The summed E-state index contributed by atoms with van der Waals surface area (Å²) in [5.74, 6) is -0.384. The van der Waals surface area contributed by atoms with Gasteiger partial charge in [0.25, 0.3) is 0 Å². The van der Waals surface area contributed by atoms with Gasteiger partial charge in [0, 0.05) is 6.42 Å². The molecule has 0 N–H and O–H groups in total. The zero-order valence-electron chi connectivity index (χ0n) is 10.6. The van der Waals surface area contributed by atoms with Gasteiger partial charge in [0.15, 0.2) is 17.3 Å². The number of carbonyl (C=O) groups excluding carboxylic acids is 1. The van der Waals surface area contributed by atoms with Crippen LogP contribution in [0.1, 0.15) is 28.1 Å². The number of Topliss-reactive ketones (excluding diaryl/α,β-unsaturated/α-hetero) is 1. The van der Waals surface area contributed by atoms with Gasteiger partial charge in [0.05, 0.1) is 23.1 Å².